The van der Waals surface area contributed by atoms with Crippen molar-refractivity contribution in [3.8, 4) is 11.5 Å². The van der Waals surface area contributed by atoms with Crippen molar-refractivity contribution in [3.63, 3.8) is 0 Å². The number of hydrogen-bond acceptors (Lipinski definition) is 3. The SMILES string of the molecule is O=Cc1ccc(OCCCc2ccccc2)c(OCc2ccccc2)c1. The zero-order valence-corrected chi connectivity index (χ0v) is 14.6. The lowest BCUT2D eigenvalue weighted by atomic mass is 10.1. The van der Waals surface area contributed by atoms with Gasteiger partial charge in [-0.2, -0.15) is 0 Å². The molecule has 0 fully saturated rings. The predicted molar refractivity (Wildman–Crippen MR) is 103 cm³/mol. The van der Waals surface area contributed by atoms with Crippen molar-refractivity contribution in [1.29, 1.82) is 0 Å². The van der Waals surface area contributed by atoms with Crippen LogP contribution in [0.5, 0.6) is 11.5 Å². The second kappa shape index (κ2) is 9.42. The Morgan fingerprint density at radius 3 is 2.12 bits per heavy atom. The maximum atomic E-state index is 11.1. The standard InChI is InChI=1S/C23H22O3/c24-17-21-13-14-22(25-15-7-12-19-8-3-1-4-9-19)23(16-21)26-18-20-10-5-2-6-11-20/h1-6,8-11,13-14,16-17H,7,12,15,18H2. The van der Waals surface area contributed by atoms with Crippen LogP contribution in [0.3, 0.4) is 0 Å². The number of aldehydes is 1. The number of carbonyl (C=O) groups excluding carboxylic acids is 1. The molecule has 0 bridgehead atoms. The molecule has 0 amide bonds. The maximum Gasteiger partial charge on any atom is 0.162 e. The van der Waals surface area contributed by atoms with E-state index in [9.17, 15) is 4.79 Å². The number of rotatable bonds is 9. The van der Waals surface area contributed by atoms with Crippen LogP contribution >= 0.6 is 0 Å². The molecule has 0 N–H and O–H groups in total. The maximum absolute atomic E-state index is 11.1. The summed E-state index contributed by atoms with van der Waals surface area (Å²) in [4.78, 5) is 11.1. The van der Waals surface area contributed by atoms with E-state index in [0.29, 0.717) is 30.3 Å². The van der Waals surface area contributed by atoms with Crippen LogP contribution in [-0.4, -0.2) is 12.9 Å². The summed E-state index contributed by atoms with van der Waals surface area (Å²) in [7, 11) is 0. The number of benzene rings is 3. The molecule has 0 radical (unpaired) electrons. The lowest BCUT2D eigenvalue weighted by Gasteiger charge is -2.13. The lowest BCUT2D eigenvalue weighted by Crippen LogP contribution is -2.03. The van der Waals surface area contributed by atoms with Crippen LogP contribution in [0, 0.1) is 0 Å². The summed E-state index contributed by atoms with van der Waals surface area (Å²) in [6, 6.07) is 25.5. The molecule has 0 unspecified atom stereocenters. The molecule has 3 aromatic carbocycles. The highest BCUT2D eigenvalue weighted by Gasteiger charge is 2.07. The Kier molecular flexibility index (Phi) is 6.43. The zero-order chi connectivity index (χ0) is 18.0. The van der Waals surface area contributed by atoms with Gasteiger partial charge in [-0.25, -0.2) is 0 Å². The summed E-state index contributed by atoms with van der Waals surface area (Å²) in [6.45, 7) is 1.03. The first-order chi connectivity index (χ1) is 12.8. The van der Waals surface area contributed by atoms with E-state index in [4.69, 9.17) is 9.47 Å². The number of aryl methyl sites for hydroxylation is 1. The molecule has 0 spiro atoms. The highest BCUT2D eigenvalue weighted by atomic mass is 16.5. The van der Waals surface area contributed by atoms with E-state index in [1.807, 2.05) is 48.5 Å². The topological polar surface area (TPSA) is 35.5 Å². The van der Waals surface area contributed by atoms with E-state index in [0.717, 1.165) is 24.7 Å². The minimum atomic E-state index is 0.434. The molecule has 3 nitrogen and oxygen atoms in total. The van der Waals surface area contributed by atoms with E-state index < -0.39 is 0 Å². The van der Waals surface area contributed by atoms with Gasteiger partial charge in [0.25, 0.3) is 0 Å². The third kappa shape index (κ3) is 5.21. The van der Waals surface area contributed by atoms with Gasteiger partial charge in [-0.1, -0.05) is 60.7 Å². The summed E-state index contributed by atoms with van der Waals surface area (Å²) in [5.41, 5.74) is 2.94. The highest BCUT2D eigenvalue weighted by Crippen LogP contribution is 2.29. The Bertz CT molecular complexity index is 813. The second-order valence-corrected chi connectivity index (χ2v) is 6.04. The molecule has 0 aliphatic heterocycles. The van der Waals surface area contributed by atoms with Gasteiger partial charge in [0.15, 0.2) is 11.5 Å². The molecule has 3 heteroatoms. The molecule has 0 atom stereocenters. The minimum absolute atomic E-state index is 0.434. The van der Waals surface area contributed by atoms with E-state index in [1.54, 1.807) is 18.2 Å². The van der Waals surface area contributed by atoms with Crippen LogP contribution in [-0.2, 0) is 13.0 Å². The average Bonchev–Trinajstić information content (AvgIpc) is 2.71. The molecule has 3 rings (SSSR count). The molecule has 132 valence electrons. The van der Waals surface area contributed by atoms with Crippen LogP contribution in [0.1, 0.15) is 27.9 Å². The quantitative estimate of drug-likeness (QED) is 0.400. The highest BCUT2D eigenvalue weighted by molar-refractivity contribution is 5.76. The fourth-order valence-corrected chi connectivity index (χ4v) is 2.67. The second-order valence-electron chi connectivity index (χ2n) is 6.04. The summed E-state index contributed by atoms with van der Waals surface area (Å²) < 4.78 is 11.8. The molecule has 0 aliphatic rings. The van der Waals surface area contributed by atoms with Crippen LogP contribution in [0.4, 0.5) is 0 Å². The number of carbonyl (C=O) groups is 1. The fourth-order valence-electron chi connectivity index (χ4n) is 2.67. The summed E-state index contributed by atoms with van der Waals surface area (Å²) in [6.07, 6.45) is 2.69. The van der Waals surface area contributed by atoms with E-state index in [-0.39, 0.29) is 0 Å². The van der Waals surface area contributed by atoms with Crippen LogP contribution in [0.2, 0.25) is 0 Å². The molecular weight excluding hydrogens is 324 g/mol. The molecule has 0 saturated heterocycles. The van der Waals surface area contributed by atoms with Crippen molar-refractivity contribution >= 4 is 6.29 Å². The molecule has 0 aliphatic carbocycles. The van der Waals surface area contributed by atoms with E-state index in [1.165, 1.54) is 5.56 Å². The van der Waals surface area contributed by atoms with Gasteiger partial charge in [-0.05, 0) is 42.2 Å². The first-order valence-electron chi connectivity index (χ1n) is 8.78. The first-order valence-corrected chi connectivity index (χ1v) is 8.78. The monoisotopic (exact) mass is 346 g/mol. The third-order valence-electron chi connectivity index (χ3n) is 4.05. The van der Waals surface area contributed by atoms with Gasteiger partial charge in [0.2, 0.25) is 0 Å². The van der Waals surface area contributed by atoms with Gasteiger partial charge in [-0.15, -0.1) is 0 Å². The molecule has 0 heterocycles. The fraction of sp³-hybridized carbons (Fsp3) is 0.174. The largest absolute Gasteiger partial charge is 0.490 e. The Balaban J connectivity index is 1.59. The smallest absolute Gasteiger partial charge is 0.162 e. The number of ether oxygens (including phenoxy) is 2. The van der Waals surface area contributed by atoms with Crippen LogP contribution in [0.15, 0.2) is 78.9 Å². The Morgan fingerprint density at radius 2 is 1.42 bits per heavy atom. The van der Waals surface area contributed by atoms with E-state index in [2.05, 4.69) is 12.1 Å². The number of hydrogen-bond donors (Lipinski definition) is 0. The van der Waals surface area contributed by atoms with Crippen LogP contribution in [0.25, 0.3) is 0 Å². The summed E-state index contributed by atoms with van der Waals surface area (Å²) in [5, 5.41) is 0. The normalized spacial score (nSPS) is 10.3. The molecule has 0 saturated carbocycles. The van der Waals surface area contributed by atoms with Crippen molar-refractivity contribution in [1.82, 2.24) is 0 Å². The zero-order valence-electron chi connectivity index (χ0n) is 14.6. The van der Waals surface area contributed by atoms with Crippen molar-refractivity contribution in [3.05, 3.63) is 95.6 Å². The van der Waals surface area contributed by atoms with Gasteiger partial charge in [0.05, 0.1) is 6.61 Å². The summed E-state index contributed by atoms with van der Waals surface area (Å²) in [5.74, 6) is 1.26. The molecule has 3 aromatic rings. The molecule has 0 aromatic heterocycles. The van der Waals surface area contributed by atoms with Gasteiger partial charge in [-0.3, -0.25) is 4.79 Å². The average molecular weight is 346 g/mol. The van der Waals surface area contributed by atoms with Crippen LogP contribution < -0.4 is 9.47 Å². The first kappa shape index (κ1) is 17.7. The third-order valence-corrected chi connectivity index (χ3v) is 4.05. The van der Waals surface area contributed by atoms with E-state index >= 15 is 0 Å². The van der Waals surface area contributed by atoms with Crippen molar-refractivity contribution in [2.45, 2.75) is 19.4 Å². The van der Waals surface area contributed by atoms with Crippen molar-refractivity contribution in [2.24, 2.45) is 0 Å². The molecular formula is C23H22O3. The molecule has 26 heavy (non-hydrogen) atoms. The predicted octanol–water partition coefficient (Wildman–Crippen LogP) is 5.09. The summed E-state index contributed by atoms with van der Waals surface area (Å²) >= 11 is 0. The lowest BCUT2D eigenvalue weighted by molar-refractivity contribution is 0.112. The minimum Gasteiger partial charge on any atom is -0.490 e. The van der Waals surface area contributed by atoms with Gasteiger partial charge >= 0.3 is 0 Å². The van der Waals surface area contributed by atoms with Crippen molar-refractivity contribution < 1.29 is 14.3 Å². The Hall–Kier alpha value is -3.07. The van der Waals surface area contributed by atoms with Gasteiger partial charge in [0, 0.05) is 5.56 Å². The Morgan fingerprint density at radius 1 is 0.731 bits per heavy atom. The Labute approximate surface area is 154 Å². The van der Waals surface area contributed by atoms with Gasteiger partial charge < -0.3 is 9.47 Å². The van der Waals surface area contributed by atoms with Crippen molar-refractivity contribution in [2.75, 3.05) is 6.61 Å². The van der Waals surface area contributed by atoms with Gasteiger partial charge in [0.1, 0.15) is 12.9 Å².